The van der Waals surface area contributed by atoms with Gasteiger partial charge in [0.1, 0.15) is 12.4 Å². The summed E-state index contributed by atoms with van der Waals surface area (Å²) in [7, 11) is 0. The summed E-state index contributed by atoms with van der Waals surface area (Å²) < 4.78 is 11.3. The van der Waals surface area contributed by atoms with Crippen LogP contribution in [0.15, 0.2) is 35.7 Å². The molecule has 0 atom stereocenters. The maximum absolute atomic E-state index is 12.0. The first-order valence-corrected chi connectivity index (χ1v) is 10.2. The molecule has 2 rings (SSSR count). The van der Waals surface area contributed by atoms with Gasteiger partial charge in [0.25, 0.3) is 0 Å². The minimum atomic E-state index is -0.117. The first-order chi connectivity index (χ1) is 13.2. The van der Waals surface area contributed by atoms with E-state index in [2.05, 4.69) is 17.2 Å². The highest BCUT2D eigenvalue weighted by atomic mass is 32.1. The number of carbonyl (C=O) groups excluding carboxylic acids is 1. The van der Waals surface area contributed by atoms with Crippen LogP contribution >= 0.6 is 11.3 Å². The van der Waals surface area contributed by atoms with Crippen LogP contribution in [0, 0.1) is 6.92 Å². The lowest BCUT2D eigenvalue weighted by Crippen LogP contribution is -2.23. The molecule has 0 spiro atoms. The SMILES string of the molecule is CCCCOCCCNC(=O)/C=C/c1ccccc1OCc1csc(C)n1. The molecule has 0 radical (unpaired) electrons. The zero-order chi connectivity index (χ0) is 19.3. The molecule has 1 aromatic heterocycles. The van der Waals surface area contributed by atoms with Gasteiger partial charge in [-0.25, -0.2) is 4.98 Å². The van der Waals surface area contributed by atoms with Crippen LogP contribution in [0.4, 0.5) is 0 Å². The summed E-state index contributed by atoms with van der Waals surface area (Å²) in [6, 6.07) is 7.65. The van der Waals surface area contributed by atoms with Crippen LogP contribution in [0.1, 0.15) is 42.5 Å². The molecule has 1 amide bonds. The van der Waals surface area contributed by atoms with Gasteiger partial charge in [-0.15, -0.1) is 11.3 Å². The number of hydrogen-bond acceptors (Lipinski definition) is 5. The monoisotopic (exact) mass is 388 g/mol. The van der Waals surface area contributed by atoms with Gasteiger partial charge in [0.15, 0.2) is 0 Å². The van der Waals surface area contributed by atoms with Crippen molar-refractivity contribution in [2.45, 2.75) is 39.7 Å². The largest absolute Gasteiger partial charge is 0.487 e. The smallest absolute Gasteiger partial charge is 0.244 e. The van der Waals surface area contributed by atoms with E-state index in [-0.39, 0.29) is 5.91 Å². The van der Waals surface area contributed by atoms with E-state index in [0.717, 1.165) is 47.9 Å². The molecule has 0 saturated heterocycles. The molecule has 0 unspecified atom stereocenters. The average Bonchev–Trinajstić information content (AvgIpc) is 3.10. The summed E-state index contributed by atoms with van der Waals surface area (Å²) in [6.07, 6.45) is 6.34. The Morgan fingerprint density at radius 2 is 2.07 bits per heavy atom. The molecule has 1 heterocycles. The highest BCUT2D eigenvalue weighted by Crippen LogP contribution is 2.21. The molecule has 27 heavy (non-hydrogen) atoms. The number of carbonyl (C=O) groups is 1. The van der Waals surface area contributed by atoms with E-state index in [0.29, 0.717) is 19.8 Å². The summed E-state index contributed by atoms with van der Waals surface area (Å²) >= 11 is 1.61. The molecule has 1 aromatic carbocycles. The summed E-state index contributed by atoms with van der Waals surface area (Å²) in [4.78, 5) is 16.4. The lowest BCUT2D eigenvalue weighted by Gasteiger charge is -2.08. The van der Waals surface area contributed by atoms with Crippen molar-refractivity contribution in [1.82, 2.24) is 10.3 Å². The van der Waals surface area contributed by atoms with Crippen LogP contribution in [0.25, 0.3) is 6.08 Å². The second-order valence-electron chi connectivity index (χ2n) is 6.13. The Kier molecular flexibility index (Phi) is 9.58. The molecule has 0 aliphatic carbocycles. The van der Waals surface area contributed by atoms with Crippen LogP contribution in [-0.2, 0) is 16.1 Å². The average molecular weight is 389 g/mol. The minimum absolute atomic E-state index is 0.117. The summed E-state index contributed by atoms with van der Waals surface area (Å²) in [5.74, 6) is 0.616. The predicted molar refractivity (Wildman–Crippen MR) is 110 cm³/mol. The summed E-state index contributed by atoms with van der Waals surface area (Å²) in [5, 5.41) is 5.88. The second-order valence-corrected chi connectivity index (χ2v) is 7.19. The number of thiazole rings is 1. The van der Waals surface area contributed by atoms with Crippen molar-refractivity contribution in [2.75, 3.05) is 19.8 Å². The molecule has 0 saturated carbocycles. The number of rotatable bonds is 12. The van der Waals surface area contributed by atoms with Crippen molar-refractivity contribution in [3.8, 4) is 5.75 Å². The van der Waals surface area contributed by atoms with Gasteiger partial charge in [0, 0.05) is 36.8 Å². The van der Waals surface area contributed by atoms with Crippen LogP contribution in [0.2, 0.25) is 0 Å². The van der Waals surface area contributed by atoms with Crippen LogP contribution in [0.5, 0.6) is 5.75 Å². The third-order valence-corrected chi connectivity index (χ3v) is 4.60. The molecule has 6 heteroatoms. The summed E-state index contributed by atoms with van der Waals surface area (Å²) in [5.41, 5.74) is 1.78. The quantitative estimate of drug-likeness (QED) is 0.433. The maximum Gasteiger partial charge on any atom is 0.244 e. The van der Waals surface area contributed by atoms with Gasteiger partial charge in [-0.05, 0) is 31.9 Å². The number of hydrogen-bond donors (Lipinski definition) is 1. The molecular formula is C21H28N2O3S. The van der Waals surface area contributed by atoms with Gasteiger partial charge in [-0.2, -0.15) is 0 Å². The number of amides is 1. The van der Waals surface area contributed by atoms with E-state index in [1.54, 1.807) is 17.4 Å². The van der Waals surface area contributed by atoms with E-state index >= 15 is 0 Å². The molecule has 0 aliphatic heterocycles. The zero-order valence-corrected chi connectivity index (χ0v) is 16.9. The third kappa shape index (κ3) is 8.37. The fraction of sp³-hybridized carbons (Fsp3) is 0.429. The van der Waals surface area contributed by atoms with Crippen molar-refractivity contribution >= 4 is 23.3 Å². The van der Waals surface area contributed by atoms with Gasteiger partial charge in [0.05, 0.1) is 10.7 Å². The van der Waals surface area contributed by atoms with E-state index in [1.165, 1.54) is 6.08 Å². The number of nitrogens with one attached hydrogen (secondary N) is 1. The zero-order valence-electron chi connectivity index (χ0n) is 16.1. The number of aryl methyl sites for hydroxylation is 1. The lowest BCUT2D eigenvalue weighted by atomic mass is 10.2. The third-order valence-electron chi connectivity index (χ3n) is 3.78. The van der Waals surface area contributed by atoms with Crippen molar-refractivity contribution < 1.29 is 14.3 Å². The van der Waals surface area contributed by atoms with Crippen LogP contribution in [0.3, 0.4) is 0 Å². The molecule has 0 bridgehead atoms. The Morgan fingerprint density at radius 1 is 1.26 bits per heavy atom. The van der Waals surface area contributed by atoms with Crippen molar-refractivity contribution in [3.63, 3.8) is 0 Å². The van der Waals surface area contributed by atoms with Crippen molar-refractivity contribution in [2.24, 2.45) is 0 Å². The fourth-order valence-electron chi connectivity index (χ4n) is 2.33. The van der Waals surface area contributed by atoms with Gasteiger partial charge in [-0.3, -0.25) is 4.79 Å². The van der Waals surface area contributed by atoms with E-state index in [4.69, 9.17) is 9.47 Å². The number of para-hydroxylation sites is 1. The highest BCUT2D eigenvalue weighted by molar-refractivity contribution is 7.09. The molecule has 2 aromatic rings. The van der Waals surface area contributed by atoms with Crippen LogP contribution < -0.4 is 10.1 Å². The number of nitrogens with zero attached hydrogens (tertiary/aromatic N) is 1. The summed E-state index contributed by atoms with van der Waals surface area (Å²) in [6.45, 7) is 6.61. The Morgan fingerprint density at radius 3 is 2.85 bits per heavy atom. The molecular weight excluding hydrogens is 360 g/mol. The van der Waals surface area contributed by atoms with Gasteiger partial charge in [-0.1, -0.05) is 31.5 Å². The Bertz CT molecular complexity index is 728. The first-order valence-electron chi connectivity index (χ1n) is 9.35. The molecule has 0 fully saturated rings. The van der Waals surface area contributed by atoms with Gasteiger partial charge >= 0.3 is 0 Å². The van der Waals surface area contributed by atoms with Gasteiger partial charge in [0.2, 0.25) is 5.91 Å². The maximum atomic E-state index is 12.0. The normalized spacial score (nSPS) is 11.0. The van der Waals surface area contributed by atoms with E-state index < -0.39 is 0 Å². The predicted octanol–water partition coefficient (Wildman–Crippen LogP) is 4.37. The number of benzene rings is 1. The number of ether oxygens (including phenoxy) is 2. The second kappa shape index (κ2) is 12.3. The fourth-order valence-corrected chi connectivity index (χ4v) is 2.93. The lowest BCUT2D eigenvalue weighted by molar-refractivity contribution is -0.116. The molecule has 5 nitrogen and oxygen atoms in total. The first kappa shape index (κ1) is 21.1. The number of unbranched alkanes of at least 4 members (excludes halogenated alkanes) is 1. The molecule has 146 valence electrons. The van der Waals surface area contributed by atoms with Crippen molar-refractivity contribution in [3.05, 3.63) is 52.0 Å². The topological polar surface area (TPSA) is 60.5 Å². The molecule has 0 aliphatic rings. The number of aromatic nitrogens is 1. The van der Waals surface area contributed by atoms with Crippen LogP contribution in [-0.4, -0.2) is 30.6 Å². The molecule has 1 N–H and O–H groups in total. The Balaban J connectivity index is 1.76. The van der Waals surface area contributed by atoms with E-state index in [9.17, 15) is 4.79 Å². The minimum Gasteiger partial charge on any atom is -0.487 e. The van der Waals surface area contributed by atoms with Crippen molar-refractivity contribution in [1.29, 1.82) is 0 Å². The highest BCUT2D eigenvalue weighted by Gasteiger charge is 2.04. The van der Waals surface area contributed by atoms with E-state index in [1.807, 2.05) is 36.6 Å². The standard InChI is InChI=1S/C21H28N2O3S/c1-3-4-13-25-14-7-12-22-21(24)11-10-18-8-5-6-9-20(18)26-15-19-16-27-17(2)23-19/h5-6,8-11,16H,3-4,7,12-15H2,1-2H3,(H,22,24)/b11-10+. The Labute approximate surface area is 165 Å². The Hall–Kier alpha value is -2.18. The van der Waals surface area contributed by atoms with Gasteiger partial charge < -0.3 is 14.8 Å².